The molecule has 0 saturated carbocycles. The average molecular weight is 251 g/mol. The number of benzene rings is 1. The first-order chi connectivity index (χ1) is 8.67. The first kappa shape index (κ1) is 14.5. The van der Waals surface area contributed by atoms with Crippen molar-refractivity contribution in [2.75, 3.05) is 20.3 Å². The van der Waals surface area contributed by atoms with Crippen LogP contribution in [0, 0.1) is 0 Å². The Kier molecular flexibility index (Phi) is 6.22. The zero-order valence-electron chi connectivity index (χ0n) is 11.2. The van der Waals surface area contributed by atoms with E-state index in [1.807, 2.05) is 31.2 Å². The normalized spacial score (nSPS) is 11.9. The molecule has 4 nitrogen and oxygen atoms in total. The lowest BCUT2D eigenvalue weighted by Gasteiger charge is -2.14. The summed E-state index contributed by atoms with van der Waals surface area (Å²) in [6, 6.07) is 8.09. The fraction of sp³-hybridized carbons (Fsp3) is 0.500. The van der Waals surface area contributed by atoms with Crippen LogP contribution in [0.5, 0.6) is 5.75 Å². The first-order valence-corrected chi connectivity index (χ1v) is 6.20. The molecule has 0 unspecified atom stereocenters. The molecule has 0 heterocycles. The number of carbonyl (C=O) groups is 1. The van der Waals surface area contributed by atoms with E-state index in [-0.39, 0.29) is 12.0 Å². The summed E-state index contributed by atoms with van der Waals surface area (Å²) in [5.74, 6) is 0.685. The molecule has 1 rings (SSSR count). The van der Waals surface area contributed by atoms with Gasteiger partial charge in [0, 0.05) is 12.6 Å². The molecule has 1 N–H and O–H groups in total. The minimum absolute atomic E-state index is 0.160. The highest BCUT2D eigenvalue weighted by atomic mass is 16.5. The SMILES string of the molecule is CCOC(=O)CCN[C@H](C)c1ccc(OC)cc1. The summed E-state index contributed by atoms with van der Waals surface area (Å²) < 4.78 is 9.97. The molecule has 0 spiro atoms. The molecule has 18 heavy (non-hydrogen) atoms. The Hall–Kier alpha value is -1.55. The van der Waals surface area contributed by atoms with Gasteiger partial charge in [0.25, 0.3) is 0 Å². The third kappa shape index (κ3) is 4.75. The third-order valence-electron chi connectivity index (χ3n) is 2.70. The Balaban J connectivity index is 2.35. The monoisotopic (exact) mass is 251 g/mol. The lowest BCUT2D eigenvalue weighted by atomic mass is 10.1. The van der Waals surface area contributed by atoms with Gasteiger partial charge in [0.2, 0.25) is 0 Å². The van der Waals surface area contributed by atoms with E-state index in [2.05, 4.69) is 12.2 Å². The van der Waals surface area contributed by atoms with Crippen molar-refractivity contribution in [3.05, 3.63) is 29.8 Å². The summed E-state index contributed by atoms with van der Waals surface area (Å²) in [6.07, 6.45) is 0.397. The van der Waals surface area contributed by atoms with Gasteiger partial charge in [0.1, 0.15) is 5.75 Å². The third-order valence-corrected chi connectivity index (χ3v) is 2.70. The molecule has 0 aromatic heterocycles. The van der Waals surface area contributed by atoms with E-state index in [9.17, 15) is 4.79 Å². The van der Waals surface area contributed by atoms with Crippen molar-refractivity contribution in [2.45, 2.75) is 26.3 Å². The van der Waals surface area contributed by atoms with E-state index in [0.717, 1.165) is 5.75 Å². The number of rotatable bonds is 7. The van der Waals surface area contributed by atoms with Gasteiger partial charge < -0.3 is 14.8 Å². The number of hydrogen-bond acceptors (Lipinski definition) is 4. The zero-order chi connectivity index (χ0) is 13.4. The van der Waals surface area contributed by atoms with Crippen molar-refractivity contribution in [3.63, 3.8) is 0 Å². The van der Waals surface area contributed by atoms with Crippen LogP contribution in [-0.2, 0) is 9.53 Å². The molecule has 100 valence electrons. The van der Waals surface area contributed by atoms with Gasteiger partial charge in [-0.2, -0.15) is 0 Å². The molecule has 0 aliphatic rings. The van der Waals surface area contributed by atoms with E-state index >= 15 is 0 Å². The van der Waals surface area contributed by atoms with Gasteiger partial charge in [-0.3, -0.25) is 4.79 Å². The minimum atomic E-state index is -0.160. The fourth-order valence-electron chi connectivity index (χ4n) is 1.63. The lowest BCUT2D eigenvalue weighted by Crippen LogP contribution is -2.22. The number of hydrogen-bond donors (Lipinski definition) is 1. The Labute approximate surface area is 108 Å². The van der Waals surface area contributed by atoms with Crippen molar-refractivity contribution >= 4 is 5.97 Å². The first-order valence-electron chi connectivity index (χ1n) is 6.20. The van der Waals surface area contributed by atoms with Crippen LogP contribution in [0.25, 0.3) is 0 Å². The molecule has 1 aromatic carbocycles. The van der Waals surface area contributed by atoms with Gasteiger partial charge in [-0.25, -0.2) is 0 Å². The van der Waals surface area contributed by atoms with Crippen LogP contribution in [0.1, 0.15) is 31.9 Å². The molecule has 0 radical (unpaired) electrons. The molecule has 0 saturated heterocycles. The highest BCUT2D eigenvalue weighted by Gasteiger charge is 2.06. The fourth-order valence-corrected chi connectivity index (χ4v) is 1.63. The van der Waals surface area contributed by atoms with Crippen LogP contribution in [0.2, 0.25) is 0 Å². The molecular formula is C14H21NO3. The van der Waals surface area contributed by atoms with Crippen molar-refractivity contribution in [1.82, 2.24) is 5.32 Å². The maximum Gasteiger partial charge on any atom is 0.307 e. The van der Waals surface area contributed by atoms with Crippen molar-refractivity contribution in [2.24, 2.45) is 0 Å². The van der Waals surface area contributed by atoms with E-state index in [1.165, 1.54) is 5.56 Å². The highest BCUT2D eigenvalue weighted by Crippen LogP contribution is 2.16. The van der Waals surface area contributed by atoms with E-state index < -0.39 is 0 Å². The number of esters is 1. The smallest absolute Gasteiger partial charge is 0.307 e. The van der Waals surface area contributed by atoms with E-state index in [4.69, 9.17) is 9.47 Å². The van der Waals surface area contributed by atoms with Crippen molar-refractivity contribution in [1.29, 1.82) is 0 Å². The van der Waals surface area contributed by atoms with Crippen molar-refractivity contribution in [3.8, 4) is 5.75 Å². The molecule has 0 aliphatic heterocycles. The average Bonchev–Trinajstić information content (AvgIpc) is 2.39. The van der Waals surface area contributed by atoms with Crippen molar-refractivity contribution < 1.29 is 14.3 Å². The summed E-state index contributed by atoms with van der Waals surface area (Å²) >= 11 is 0. The molecule has 4 heteroatoms. The number of methoxy groups -OCH3 is 1. The number of carbonyl (C=O) groups excluding carboxylic acids is 1. The second kappa shape index (κ2) is 7.71. The molecule has 1 aromatic rings. The maximum atomic E-state index is 11.2. The van der Waals surface area contributed by atoms with Crippen LogP contribution in [-0.4, -0.2) is 26.2 Å². The summed E-state index contributed by atoms with van der Waals surface area (Å²) in [5, 5.41) is 3.28. The van der Waals surface area contributed by atoms with Crippen LogP contribution < -0.4 is 10.1 Å². The molecule has 1 atom stereocenters. The summed E-state index contributed by atoms with van der Waals surface area (Å²) in [6.45, 7) is 4.93. The lowest BCUT2D eigenvalue weighted by molar-refractivity contribution is -0.143. The Bertz CT molecular complexity index is 362. The Morgan fingerprint density at radius 1 is 1.33 bits per heavy atom. The van der Waals surface area contributed by atoms with Gasteiger partial charge in [-0.15, -0.1) is 0 Å². The maximum absolute atomic E-state index is 11.2. The Morgan fingerprint density at radius 2 is 2.00 bits per heavy atom. The molecule has 0 aliphatic carbocycles. The van der Waals surface area contributed by atoms with Gasteiger partial charge in [-0.1, -0.05) is 12.1 Å². The number of nitrogens with one attached hydrogen (secondary N) is 1. The minimum Gasteiger partial charge on any atom is -0.497 e. The van der Waals surface area contributed by atoms with Gasteiger partial charge >= 0.3 is 5.97 Å². The molecule has 0 amide bonds. The highest BCUT2D eigenvalue weighted by molar-refractivity contribution is 5.69. The molecular weight excluding hydrogens is 230 g/mol. The largest absolute Gasteiger partial charge is 0.497 e. The summed E-state index contributed by atoms with van der Waals surface area (Å²) in [7, 11) is 1.65. The second-order valence-electron chi connectivity index (χ2n) is 4.00. The number of ether oxygens (including phenoxy) is 2. The second-order valence-corrected chi connectivity index (χ2v) is 4.00. The predicted octanol–water partition coefficient (Wildman–Crippen LogP) is 2.30. The molecule has 0 fully saturated rings. The van der Waals surface area contributed by atoms with Gasteiger partial charge in [-0.05, 0) is 31.5 Å². The van der Waals surface area contributed by atoms with Gasteiger partial charge in [0.05, 0.1) is 20.1 Å². The zero-order valence-corrected chi connectivity index (χ0v) is 11.2. The van der Waals surface area contributed by atoms with Gasteiger partial charge in [0.15, 0.2) is 0 Å². The Morgan fingerprint density at radius 3 is 2.56 bits per heavy atom. The van der Waals surface area contributed by atoms with E-state index in [0.29, 0.717) is 19.6 Å². The predicted molar refractivity (Wildman–Crippen MR) is 70.7 cm³/mol. The summed E-state index contributed by atoms with van der Waals surface area (Å²) in [4.78, 5) is 11.2. The van der Waals surface area contributed by atoms with E-state index in [1.54, 1.807) is 7.11 Å². The van der Waals surface area contributed by atoms with Crippen LogP contribution in [0.4, 0.5) is 0 Å². The topological polar surface area (TPSA) is 47.6 Å². The summed E-state index contributed by atoms with van der Waals surface area (Å²) in [5.41, 5.74) is 1.17. The van der Waals surface area contributed by atoms with Crippen LogP contribution in [0.15, 0.2) is 24.3 Å². The quantitative estimate of drug-likeness (QED) is 0.755. The molecule has 0 bridgehead atoms. The standard InChI is InChI=1S/C14H21NO3/c1-4-18-14(16)9-10-15-11(2)12-5-7-13(17-3)8-6-12/h5-8,11,15H,4,9-10H2,1-3H3/t11-/m1/s1. The van der Waals surface area contributed by atoms with Crippen LogP contribution >= 0.6 is 0 Å². The van der Waals surface area contributed by atoms with Crippen LogP contribution in [0.3, 0.4) is 0 Å².